The monoisotopic (exact) mass is 402 g/mol. The van der Waals surface area contributed by atoms with Gasteiger partial charge in [-0.3, -0.25) is 4.79 Å². The topological polar surface area (TPSA) is 62.1 Å². The van der Waals surface area contributed by atoms with Gasteiger partial charge in [-0.1, -0.05) is 12.1 Å². The summed E-state index contributed by atoms with van der Waals surface area (Å²) in [6.45, 7) is 1.15. The zero-order valence-corrected chi connectivity index (χ0v) is 14.2. The fourth-order valence-corrected chi connectivity index (χ4v) is 2.18. The molecule has 2 rings (SSSR count). The molecule has 1 amide bonds. The van der Waals surface area contributed by atoms with Crippen LogP contribution in [0.3, 0.4) is 0 Å². The van der Waals surface area contributed by atoms with Crippen LogP contribution in [0.15, 0.2) is 42.5 Å². The highest BCUT2D eigenvalue weighted by Gasteiger charge is 2.37. The number of alkyl halides is 6. The zero-order valence-electron chi connectivity index (χ0n) is 14.2. The number of halogens is 6. The van der Waals surface area contributed by atoms with Crippen LogP contribution in [-0.2, 0) is 17.1 Å². The molecule has 0 heterocycles. The number of ether oxygens (including phenoxy) is 1. The lowest BCUT2D eigenvalue weighted by molar-refractivity contribution is -0.143. The van der Waals surface area contributed by atoms with Gasteiger partial charge in [0.1, 0.15) is 11.8 Å². The van der Waals surface area contributed by atoms with E-state index in [1.807, 2.05) is 6.07 Å². The van der Waals surface area contributed by atoms with Crippen LogP contribution in [0, 0.1) is 11.3 Å². The molecule has 0 aliphatic heterocycles. The number of carbonyl (C=O) groups is 1. The van der Waals surface area contributed by atoms with Gasteiger partial charge in [0.2, 0.25) is 0 Å². The summed E-state index contributed by atoms with van der Waals surface area (Å²) < 4.78 is 82.2. The van der Waals surface area contributed by atoms with Crippen molar-refractivity contribution in [3.8, 4) is 11.8 Å². The van der Waals surface area contributed by atoms with E-state index < -0.39 is 41.2 Å². The highest BCUT2D eigenvalue weighted by Crippen LogP contribution is 2.38. The summed E-state index contributed by atoms with van der Waals surface area (Å²) in [4.78, 5) is 12.2. The van der Waals surface area contributed by atoms with Crippen LogP contribution < -0.4 is 10.1 Å². The predicted octanol–water partition coefficient (Wildman–Crippen LogP) is 5.00. The average Bonchev–Trinajstić information content (AvgIpc) is 2.60. The van der Waals surface area contributed by atoms with E-state index in [2.05, 4.69) is 5.32 Å². The molecule has 0 radical (unpaired) electrons. The number of anilines is 1. The molecule has 0 aliphatic carbocycles. The first-order valence-corrected chi connectivity index (χ1v) is 7.68. The van der Waals surface area contributed by atoms with Crippen molar-refractivity contribution in [1.29, 1.82) is 5.26 Å². The summed E-state index contributed by atoms with van der Waals surface area (Å²) >= 11 is 0. The maximum Gasteiger partial charge on any atom is 0.416 e. The quantitative estimate of drug-likeness (QED) is 0.732. The standard InChI is InChI=1S/C18H12F6N2O2/c1-10(16(27)26-15-5-3-2-4-11(15)9-25)28-14-7-12(17(19,20)21)6-13(8-14)18(22,23)24/h2-8,10H,1H3,(H,26,27). The smallest absolute Gasteiger partial charge is 0.416 e. The third kappa shape index (κ3) is 5.16. The number of para-hydroxylation sites is 1. The number of benzene rings is 2. The lowest BCUT2D eigenvalue weighted by atomic mass is 10.1. The van der Waals surface area contributed by atoms with Crippen LogP contribution in [-0.4, -0.2) is 12.0 Å². The van der Waals surface area contributed by atoms with Gasteiger partial charge in [0.25, 0.3) is 5.91 Å². The minimum absolute atomic E-state index is 0.0409. The lowest BCUT2D eigenvalue weighted by Crippen LogP contribution is -2.30. The molecule has 0 saturated heterocycles. The van der Waals surface area contributed by atoms with Gasteiger partial charge in [0, 0.05) is 0 Å². The van der Waals surface area contributed by atoms with E-state index in [9.17, 15) is 31.1 Å². The Hall–Kier alpha value is -3.22. The predicted molar refractivity (Wildman–Crippen MR) is 86.3 cm³/mol. The SMILES string of the molecule is CC(Oc1cc(C(F)(F)F)cc(C(F)(F)F)c1)C(=O)Nc1ccccc1C#N. The molecule has 0 bridgehead atoms. The third-order valence-corrected chi connectivity index (χ3v) is 3.55. The molecule has 0 fully saturated rings. The van der Waals surface area contributed by atoms with Crippen LogP contribution in [0.4, 0.5) is 32.0 Å². The summed E-state index contributed by atoms with van der Waals surface area (Å²) in [5, 5.41) is 11.3. The van der Waals surface area contributed by atoms with Crippen molar-refractivity contribution in [3.63, 3.8) is 0 Å². The average molecular weight is 402 g/mol. The van der Waals surface area contributed by atoms with Gasteiger partial charge in [0.15, 0.2) is 6.10 Å². The maximum absolute atomic E-state index is 12.9. The van der Waals surface area contributed by atoms with Crippen molar-refractivity contribution in [2.24, 2.45) is 0 Å². The Kier molecular flexibility index (Phi) is 5.87. The number of amides is 1. The fraction of sp³-hybridized carbons (Fsp3) is 0.222. The normalized spacial score (nSPS) is 12.8. The van der Waals surface area contributed by atoms with Gasteiger partial charge >= 0.3 is 12.4 Å². The number of nitrogens with zero attached hydrogens (tertiary/aromatic N) is 1. The van der Waals surface area contributed by atoms with Crippen LogP contribution in [0.25, 0.3) is 0 Å². The van der Waals surface area contributed by atoms with Crippen LogP contribution in [0.5, 0.6) is 5.75 Å². The van der Waals surface area contributed by atoms with Crippen LogP contribution >= 0.6 is 0 Å². The van der Waals surface area contributed by atoms with Crippen molar-refractivity contribution < 1.29 is 35.9 Å². The molecule has 0 aromatic heterocycles. The first-order valence-electron chi connectivity index (χ1n) is 7.68. The van der Waals surface area contributed by atoms with Crippen molar-refractivity contribution in [3.05, 3.63) is 59.2 Å². The molecular weight excluding hydrogens is 390 g/mol. The largest absolute Gasteiger partial charge is 0.481 e. The van der Waals surface area contributed by atoms with E-state index in [0.717, 1.165) is 6.92 Å². The number of nitrogens with one attached hydrogen (secondary N) is 1. The summed E-state index contributed by atoms with van der Waals surface area (Å²) in [5.41, 5.74) is -2.86. The van der Waals surface area contributed by atoms with E-state index >= 15 is 0 Å². The van der Waals surface area contributed by atoms with Crippen molar-refractivity contribution in [2.45, 2.75) is 25.4 Å². The Morgan fingerprint density at radius 3 is 2.07 bits per heavy atom. The highest BCUT2D eigenvalue weighted by molar-refractivity contribution is 5.95. The van der Waals surface area contributed by atoms with Gasteiger partial charge in [-0.05, 0) is 37.3 Å². The van der Waals surface area contributed by atoms with Crippen molar-refractivity contribution >= 4 is 11.6 Å². The van der Waals surface area contributed by atoms with E-state index in [4.69, 9.17) is 10.00 Å². The Morgan fingerprint density at radius 2 is 1.57 bits per heavy atom. The number of rotatable bonds is 4. The second-order valence-electron chi connectivity index (χ2n) is 5.65. The zero-order chi connectivity index (χ0) is 21.1. The minimum atomic E-state index is -5.03. The minimum Gasteiger partial charge on any atom is -0.481 e. The Balaban J connectivity index is 2.26. The molecule has 0 saturated carbocycles. The number of nitriles is 1. The van der Waals surface area contributed by atoms with Gasteiger partial charge in [-0.25, -0.2) is 0 Å². The molecule has 0 spiro atoms. The van der Waals surface area contributed by atoms with Crippen molar-refractivity contribution in [1.82, 2.24) is 0 Å². The molecule has 1 N–H and O–H groups in total. The maximum atomic E-state index is 12.9. The summed E-state index contributed by atoms with van der Waals surface area (Å²) in [7, 11) is 0. The lowest BCUT2D eigenvalue weighted by Gasteiger charge is -2.18. The number of hydrogen-bond acceptors (Lipinski definition) is 3. The molecule has 1 atom stereocenters. The van der Waals surface area contributed by atoms with E-state index in [1.165, 1.54) is 18.2 Å². The molecule has 2 aromatic carbocycles. The fourth-order valence-electron chi connectivity index (χ4n) is 2.18. The first kappa shape index (κ1) is 21.1. The van der Waals surface area contributed by atoms with E-state index in [1.54, 1.807) is 6.07 Å². The Bertz CT molecular complexity index is 883. The molecule has 0 aliphatic rings. The second-order valence-corrected chi connectivity index (χ2v) is 5.65. The van der Waals surface area contributed by atoms with Gasteiger partial charge in [-0.2, -0.15) is 31.6 Å². The van der Waals surface area contributed by atoms with Gasteiger partial charge in [0.05, 0.1) is 22.4 Å². The highest BCUT2D eigenvalue weighted by atomic mass is 19.4. The number of hydrogen-bond donors (Lipinski definition) is 1. The molecule has 28 heavy (non-hydrogen) atoms. The Morgan fingerprint density at radius 1 is 1.04 bits per heavy atom. The third-order valence-electron chi connectivity index (χ3n) is 3.55. The second kappa shape index (κ2) is 7.80. The Labute approximate surface area is 155 Å². The van der Waals surface area contributed by atoms with E-state index in [-0.39, 0.29) is 17.3 Å². The molecule has 2 aromatic rings. The molecular formula is C18H12F6N2O2. The molecule has 10 heteroatoms. The van der Waals surface area contributed by atoms with Gasteiger partial charge in [-0.15, -0.1) is 0 Å². The van der Waals surface area contributed by atoms with Gasteiger partial charge < -0.3 is 10.1 Å². The first-order chi connectivity index (χ1) is 12.9. The summed E-state index contributed by atoms with van der Waals surface area (Å²) in [6, 6.07) is 8.46. The number of carbonyl (C=O) groups excluding carboxylic acids is 1. The van der Waals surface area contributed by atoms with Crippen LogP contribution in [0.1, 0.15) is 23.6 Å². The summed E-state index contributed by atoms with van der Waals surface area (Å²) in [5.74, 6) is -1.62. The molecule has 1 unspecified atom stereocenters. The van der Waals surface area contributed by atoms with Crippen molar-refractivity contribution in [2.75, 3.05) is 5.32 Å². The molecule has 4 nitrogen and oxygen atoms in total. The molecule has 148 valence electrons. The van der Waals surface area contributed by atoms with Crippen LogP contribution in [0.2, 0.25) is 0 Å². The van der Waals surface area contributed by atoms with E-state index in [0.29, 0.717) is 12.1 Å². The summed E-state index contributed by atoms with van der Waals surface area (Å²) in [6.07, 6.45) is -11.5.